The minimum absolute atomic E-state index is 0.254. The minimum atomic E-state index is 0.254. The zero-order chi connectivity index (χ0) is 17.2. The van der Waals surface area contributed by atoms with Crippen LogP contribution in [0.15, 0.2) is 48.0 Å². The second-order valence-electron chi connectivity index (χ2n) is 6.50. The van der Waals surface area contributed by atoms with Gasteiger partial charge in [-0.1, -0.05) is 24.3 Å². The number of para-hydroxylation sites is 1. The number of carbonyl (C=O) groups excluding carboxylic acids is 1. The molecule has 0 unspecified atom stereocenters. The van der Waals surface area contributed by atoms with Crippen LogP contribution in [0.3, 0.4) is 0 Å². The maximum atomic E-state index is 12.9. The highest BCUT2D eigenvalue weighted by Crippen LogP contribution is 2.36. The SMILES string of the molecule is Cn1cc(CC(=O)N2CCS[C@@H](c3cccs3)CC2)c2ccccc21. The standard InChI is InChI=1S/C20H22N2OS2/c1-21-14-15(16-5-2-3-6-17(16)21)13-20(23)22-9-8-19(25-12-10-22)18-7-4-11-24-18/h2-7,11,14,19H,8-10,12-13H2,1H3/t19-/m1/s1. The van der Waals surface area contributed by atoms with E-state index < -0.39 is 0 Å². The Balaban J connectivity index is 1.46. The summed E-state index contributed by atoms with van der Waals surface area (Å²) in [7, 11) is 2.05. The molecule has 0 radical (unpaired) electrons. The lowest BCUT2D eigenvalue weighted by atomic mass is 10.1. The van der Waals surface area contributed by atoms with Crippen LogP contribution in [-0.2, 0) is 18.3 Å². The first-order chi connectivity index (χ1) is 12.2. The molecule has 1 aliphatic rings. The molecule has 0 aliphatic carbocycles. The van der Waals surface area contributed by atoms with Gasteiger partial charge >= 0.3 is 0 Å². The predicted molar refractivity (Wildman–Crippen MR) is 107 cm³/mol. The van der Waals surface area contributed by atoms with Crippen molar-refractivity contribution in [1.29, 1.82) is 0 Å². The first kappa shape index (κ1) is 16.7. The number of thiophene rings is 1. The number of hydrogen-bond acceptors (Lipinski definition) is 3. The van der Waals surface area contributed by atoms with Crippen LogP contribution in [0.25, 0.3) is 10.9 Å². The highest BCUT2D eigenvalue weighted by molar-refractivity contribution is 7.99. The largest absolute Gasteiger partial charge is 0.350 e. The van der Waals surface area contributed by atoms with Crippen LogP contribution in [0.1, 0.15) is 22.1 Å². The number of thioether (sulfide) groups is 1. The van der Waals surface area contributed by atoms with Gasteiger partial charge in [0.1, 0.15) is 0 Å². The summed E-state index contributed by atoms with van der Waals surface area (Å²) in [6.45, 7) is 1.72. The third-order valence-electron chi connectivity index (χ3n) is 4.88. The van der Waals surface area contributed by atoms with Crippen molar-refractivity contribution in [1.82, 2.24) is 9.47 Å². The Morgan fingerprint density at radius 3 is 2.92 bits per heavy atom. The molecular weight excluding hydrogens is 348 g/mol. The summed E-state index contributed by atoms with van der Waals surface area (Å²) in [4.78, 5) is 16.4. The Hall–Kier alpha value is -1.72. The topological polar surface area (TPSA) is 25.2 Å². The van der Waals surface area contributed by atoms with Gasteiger partial charge in [-0.15, -0.1) is 11.3 Å². The quantitative estimate of drug-likeness (QED) is 0.679. The second kappa shape index (κ2) is 7.26. The van der Waals surface area contributed by atoms with Crippen molar-refractivity contribution >= 4 is 39.9 Å². The highest BCUT2D eigenvalue weighted by Gasteiger charge is 2.23. The summed E-state index contributed by atoms with van der Waals surface area (Å²) >= 11 is 3.82. The molecule has 130 valence electrons. The summed E-state index contributed by atoms with van der Waals surface area (Å²) in [5, 5.41) is 3.87. The zero-order valence-corrected chi connectivity index (χ0v) is 16.0. The first-order valence-electron chi connectivity index (χ1n) is 8.68. The zero-order valence-electron chi connectivity index (χ0n) is 14.4. The number of fused-ring (bicyclic) bond motifs is 1. The lowest BCUT2D eigenvalue weighted by Gasteiger charge is -2.20. The van der Waals surface area contributed by atoms with Gasteiger partial charge in [-0.3, -0.25) is 4.79 Å². The van der Waals surface area contributed by atoms with Crippen molar-refractivity contribution in [2.75, 3.05) is 18.8 Å². The molecule has 4 rings (SSSR count). The number of nitrogens with zero attached hydrogens (tertiary/aromatic N) is 2. The Labute approximate surface area is 156 Å². The Kier molecular flexibility index (Phi) is 4.86. The highest BCUT2D eigenvalue weighted by atomic mass is 32.2. The molecule has 3 aromatic rings. The van der Waals surface area contributed by atoms with E-state index in [-0.39, 0.29) is 5.91 Å². The smallest absolute Gasteiger partial charge is 0.227 e. The van der Waals surface area contributed by atoms with Gasteiger partial charge in [-0.05, 0) is 29.5 Å². The van der Waals surface area contributed by atoms with E-state index in [1.807, 2.05) is 42.3 Å². The van der Waals surface area contributed by atoms with Gasteiger partial charge < -0.3 is 9.47 Å². The minimum Gasteiger partial charge on any atom is -0.350 e. The Morgan fingerprint density at radius 1 is 1.20 bits per heavy atom. The average molecular weight is 371 g/mol. The van der Waals surface area contributed by atoms with Crippen LogP contribution >= 0.6 is 23.1 Å². The van der Waals surface area contributed by atoms with E-state index in [0.717, 1.165) is 30.8 Å². The van der Waals surface area contributed by atoms with Crippen molar-refractivity contribution in [3.63, 3.8) is 0 Å². The molecule has 1 aliphatic heterocycles. The molecular formula is C20H22N2OS2. The molecule has 1 saturated heterocycles. The second-order valence-corrected chi connectivity index (χ2v) is 8.79. The van der Waals surface area contributed by atoms with Gasteiger partial charge in [0.15, 0.2) is 0 Å². The number of aryl methyl sites for hydroxylation is 1. The first-order valence-corrected chi connectivity index (χ1v) is 10.6. The molecule has 0 spiro atoms. The Morgan fingerprint density at radius 2 is 2.08 bits per heavy atom. The molecule has 1 aromatic carbocycles. The van der Waals surface area contributed by atoms with Crippen LogP contribution in [-0.4, -0.2) is 34.2 Å². The maximum absolute atomic E-state index is 12.9. The van der Waals surface area contributed by atoms with Crippen molar-refractivity contribution in [2.45, 2.75) is 18.1 Å². The van der Waals surface area contributed by atoms with Crippen molar-refractivity contribution in [3.8, 4) is 0 Å². The monoisotopic (exact) mass is 370 g/mol. The summed E-state index contributed by atoms with van der Waals surface area (Å²) in [6.07, 6.45) is 3.64. The van der Waals surface area contributed by atoms with E-state index in [1.165, 1.54) is 15.8 Å². The summed E-state index contributed by atoms with van der Waals surface area (Å²) < 4.78 is 2.11. The maximum Gasteiger partial charge on any atom is 0.227 e. The fraction of sp³-hybridized carbons (Fsp3) is 0.350. The van der Waals surface area contributed by atoms with Crippen LogP contribution in [0.2, 0.25) is 0 Å². The van der Waals surface area contributed by atoms with Gasteiger partial charge in [0.05, 0.1) is 6.42 Å². The number of rotatable bonds is 3. The molecule has 0 bridgehead atoms. The lowest BCUT2D eigenvalue weighted by molar-refractivity contribution is -0.130. The third kappa shape index (κ3) is 3.48. The summed E-state index contributed by atoms with van der Waals surface area (Å²) in [6, 6.07) is 12.7. The van der Waals surface area contributed by atoms with Gasteiger partial charge in [0, 0.05) is 53.1 Å². The molecule has 2 aromatic heterocycles. The molecule has 0 saturated carbocycles. The molecule has 1 fully saturated rings. The van der Waals surface area contributed by atoms with Crippen molar-refractivity contribution < 1.29 is 4.79 Å². The fourth-order valence-corrected chi connectivity index (χ4v) is 5.80. The van der Waals surface area contributed by atoms with Crippen LogP contribution in [0.4, 0.5) is 0 Å². The number of hydrogen-bond donors (Lipinski definition) is 0. The van der Waals surface area contributed by atoms with Crippen molar-refractivity contribution in [3.05, 3.63) is 58.4 Å². The average Bonchev–Trinajstić information content (AvgIpc) is 3.18. The summed E-state index contributed by atoms with van der Waals surface area (Å²) in [5.74, 6) is 1.27. The van der Waals surface area contributed by atoms with Gasteiger partial charge in [0.25, 0.3) is 0 Å². The number of carbonyl (C=O) groups is 1. The van der Waals surface area contributed by atoms with Crippen molar-refractivity contribution in [2.24, 2.45) is 7.05 Å². The molecule has 5 heteroatoms. The van der Waals surface area contributed by atoms with Crippen LogP contribution in [0, 0.1) is 0 Å². The molecule has 0 N–H and O–H groups in total. The molecule has 1 amide bonds. The van der Waals surface area contributed by atoms with E-state index in [0.29, 0.717) is 11.7 Å². The van der Waals surface area contributed by atoms with E-state index in [2.05, 4.69) is 45.3 Å². The normalized spacial score (nSPS) is 18.4. The molecule has 1 atom stereocenters. The third-order valence-corrected chi connectivity index (χ3v) is 7.32. The van der Waals surface area contributed by atoms with E-state index in [9.17, 15) is 4.79 Å². The number of amides is 1. The summed E-state index contributed by atoms with van der Waals surface area (Å²) in [5.41, 5.74) is 2.32. The predicted octanol–water partition coefficient (Wildman–Crippen LogP) is 4.49. The Bertz CT molecular complexity index is 869. The van der Waals surface area contributed by atoms with Crippen LogP contribution < -0.4 is 0 Å². The van der Waals surface area contributed by atoms with Gasteiger partial charge in [0.2, 0.25) is 5.91 Å². The van der Waals surface area contributed by atoms with E-state index in [1.54, 1.807) is 0 Å². The molecule has 3 heterocycles. The van der Waals surface area contributed by atoms with E-state index in [4.69, 9.17) is 0 Å². The fourth-order valence-electron chi connectivity index (χ4n) is 3.56. The van der Waals surface area contributed by atoms with Crippen LogP contribution in [0.5, 0.6) is 0 Å². The molecule has 25 heavy (non-hydrogen) atoms. The number of benzene rings is 1. The van der Waals surface area contributed by atoms with Gasteiger partial charge in [-0.25, -0.2) is 0 Å². The van der Waals surface area contributed by atoms with E-state index >= 15 is 0 Å². The molecule has 3 nitrogen and oxygen atoms in total. The van der Waals surface area contributed by atoms with Gasteiger partial charge in [-0.2, -0.15) is 11.8 Å². The lowest BCUT2D eigenvalue weighted by Crippen LogP contribution is -2.34. The number of aromatic nitrogens is 1.